The van der Waals surface area contributed by atoms with Crippen molar-refractivity contribution in [2.45, 2.75) is 0 Å². The van der Waals surface area contributed by atoms with Gasteiger partial charge in [0.2, 0.25) is 0 Å². The molecule has 7 heteroatoms. The van der Waals surface area contributed by atoms with Crippen molar-refractivity contribution in [1.82, 2.24) is 0 Å². The topological polar surface area (TPSA) is 80.7 Å². The fraction of sp³-hybridized carbons (Fsp3) is 0.300. The molecule has 0 amide bonds. The van der Waals surface area contributed by atoms with Crippen molar-refractivity contribution in [3.63, 3.8) is 0 Å². The van der Waals surface area contributed by atoms with Crippen molar-refractivity contribution in [3.05, 3.63) is 28.7 Å². The zero-order valence-electron chi connectivity index (χ0n) is 8.80. The number of rotatable bonds is 6. The number of sulfone groups is 1. The Hall–Kier alpha value is -1.08. The average molecular weight is 323 g/mol. The first kappa shape index (κ1) is 14.0. The van der Waals surface area contributed by atoms with E-state index in [9.17, 15) is 13.2 Å². The second kappa shape index (κ2) is 6.02. The van der Waals surface area contributed by atoms with Crippen molar-refractivity contribution in [2.24, 2.45) is 0 Å². The van der Waals surface area contributed by atoms with Gasteiger partial charge in [-0.05, 0) is 24.3 Å². The molecular formula is C10H11BrO5S. The lowest BCUT2D eigenvalue weighted by Crippen LogP contribution is -2.21. The molecule has 5 nitrogen and oxygen atoms in total. The van der Waals surface area contributed by atoms with E-state index >= 15 is 0 Å². The summed E-state index contributed by atoms with van der Waals surface area (Å²) in [7, 11) is -3.59. The minimum atomic E-state index is -3.59. The Balaban J connectivity index is 2.42. The zero-order chi connectivity index (χ0) is 12.9. The van der Waals surface area contributed by atoms with Gasteiger partial charge in [-0.3, -0.25) is 4.79 Å². The number of halogens is 1. The van der Waals surface area contributed by atoms with Crippen molar-refractivity contribution < 1.29 is 23.1 Å². The Labute approximate surface area is 107 Å². The van der Waals surface area contributed by atoms with Gasteiger partial charge in [-0.1, -0.05) is 15.9 Å². The molecule has 0 aromatic heterocycles. The first-order valence-corrected chi connectivity index (χ1v) is 7.31. The Morgan fingerprint density at radius 2 is 1.88 bits per heavy atom. The zero-order valence-corrected chi connectivity index (χ0v) is 11.2. The molecule has 1 rings (SSSR count). The van der Waals surface area contributed by atoms with Crippen LogP contribution in [0.2, 0.25) is 0 Å². The molecule has 94 valence electrons. The van der Waals surface area contributed by atoms with Crippen molar-refractivity contribution >= 4 is 31.7 Å². The van der Waals surface area contributed by atoms with Crippen LogP contribution in [-0.2, 0) is 14.6 Å². The van der Waals surface area contributed by atoms with Crippen LogP contribution in [0.15, 0.2) is 28.7 Å². The summed E-state index contributed by atoms with van der Waals surface area (Å²) < 4.78 is 28.5. The number of ether oxygens (including phenoxy) is 1. The summed E-state index contributed by atoms with van der Waals surface area (Å²) in [6.45, 7) is -0.0583. The van der Waals surface area contributed by atoms with Crippen LogP contribution in [0.3, 0.4) is 0 Å². The largest absolute Gasteiger partial charge is 0.493 e. The van der Waals surface area contributed by atoms with Gasteiger partial charge in [-0.25, -0.2) is 8.42 Å². The van der Waals surface area contributed by atoms with Gasteiger partial charge in [0, 0.05) is 4.47 Å². The first-order valence-electron chi connectivity index (χ1n) is 4.70. The molecule has 0 saturated carbocycles. The lowest BCUT2D eigenvalue weighted by atomic mass is 10.3. The maximum Gasteiger partial charge on any atom is 0.318 e. The Morgan fingerprint density at radius 3 is 2.41 bits per heavy atom. The number of carboxylic acids is 1. The maximum atomic E-state index is 11.2. The van der Waals surface area contributed by atoms with Gasteiger partial charge in [0.25, 0.3) is 0 Å². The van der Waals surface area contributed by atoms with Gasteiger partial charge in [0.05, 0.1) is 5.75 Å². The van der Waals surface area contributed by atoms with Crippen LogP contribution < -0.4 is 4.74 Å². The second-order valence-electron chi connectivity index (χ2n) is 3.29. The second-order valence-corrected chi connectivity index (χ2v) is 6.39. The van der Waals surface area contributed by atoms with Crippen molar-refractivity contribution in [1.29, 1.82) is 0 Å². The Morgan fingerprint density at radius 1 is 1.29 bits per heavy atom. The number of aliphatic carboxylic acids is 1. The third-order valence-electron chi connectivity index (χ3n) is 1.82. The van der Waals surface area contributed by atoms with Crippen LogP contribution in [0.1, 0.15) is 0 Å². The number of benzene rings is 1. The summed E-state index contributed by atoms with van der Waals surface area (Å²) in [5.41, 5.74) is 0. The minimum Gasteiger partial charge on any atom is -0.493 e. The molecule has 0 radical (unpaired) electrons. The van der Waals surface area contributed by atoms with Gasteiger partial charge < -0.3 is 9.84 Å². The molecule has 0 aliphatic heterocycles. The van der Waals surface area contributed by atoms with E-state index in [4.69, 9.17) is 9.84 Å². The van der Waals surface area contributed by atoms with E-state index in [0.717, 1.165) is 4.47 Å². The molecule has 0 bridgehead atoms. The smallest absolute Gasteiger partial charge is 0.318 e. The highest BCUT2D eigenvalue weighted by molar-refractivity contribution is 9.10. The van der Waals surface area contributed by atoms with E-state index in [2.05, 4.69) is 15.9 Å². The third kappa shape index (κ3) is 5.69. The number of hydrogen-bond acceptors (Lipinski definition) is 4. The molecule has 0 fully saturated rings. The van der Waals surface area contributed by atoms with Crippen molar-refractivity contribution in [2.75, 3.05) is 18.1 Å². The fourth-order valence-corrected chi connectivity index (χ4v) is 2.20. The van der Waals surface area contributed by atoms with E-state index in [0.29, 0.717) is 5.75 Å². The van der Waals surface area contributed by atoms with Crippen LogP contribution in [0.25, 0.3) is 0 Å². The molecule has 0 atom stereocenters. The first-order chi connectivity index (χ1) is 7.89. The minimum absolute atomic E-state index is 0.0583. The van der Waals surface area contributed by atoms with Crippen LogP contribution in [0.4, 0.5) is 0 Å². The fourth-order valence-electron chi connectivity index (χ4n) is 1.08. The summed E-state index contributed by atoms with van der Waals surface area (Å²) >= 11 is 3.26. The van der Waals surface area contributed by atoms with E-state index in [-0.39, 0.29) is 12.4 Å². The van der Waals surface area contributed by atoms with Crippen LogP contribution >= 0.6 is 15.9 Å². The van der Waals surface area contributed by atoms with Crippen molar-refractivity contribution in [3.8, 4) is 5.75 Å². The lowest BCUT2D eigenvalue weighted by molar-refractivity contribution is -0.134. The van der Waals surface area contributed by atoms with Crippen LogP contribution in [0.5, 0.6) is 5.75 Å². The molecule has 0 unspecified atom stereocenters. The van der Waals surface area contributed by atoms with E-state index in [1.807, 2.05) is 0 Å². The highest BCUT2D eigenvalue weighted by Crippen LogP contribution is 2.15. The quantitative estimate of drug-likeness (QED) is 0.854. The van der Waals surface area contributed by atoms with Gasteiger partial charge >= 0.3 is 5.97 Å². The Kier molecular flexibility index (Phi) is 4.95. The number of carbonyl (C=O) groups is 1. The number of hydrogen-bond donors (Lipinski definition) is 1. The predicted octanol–water partition coefficient (Wildman–Crippen LogP) is 1.33. The maximum absolute atomic E-state index is 11.2. The van der Waals surface area contributed by atoms with Gasteiger partial charge in [0.15, 0.2) is 9.84 Å². The SMILES string of the molecule is O=C(O)CS(=O)(=O)CCOc1ccc(Br)cc1. The predicted molar refractivity (Wildman–Crippen MR) is 65.9 cm³/mol. The average Bonchev–Trinajstić information content (AvgIpc) is 2.18. The normalized spacial score (nSPS) is 11.1. The van der Waals surface area contributed by atoms with Crippen LogP contribution in [-0.4, -0.2) is 37.6 Å². The molecule has 1 aromatic carbocycles. The summed E-state index contributed by atoms with van der Waals surface area (Å²) in [6, 6.07) is 6.91. The molecule has 17 heavy (non-hydrogen) atoms. The highest BCUT2D eigenvalue weighted by Gasteiger charge is 2.15. The molecule has 0 spiro atoms. The van der Waals surface area contributed by atoms with E-state index in [1.165, 1.54) is 0 Å². The summed E-state index contributed by atoms with van der Waals surface area (Å²) in [4.78, 5) is 10.3. The molecule has 0 aliphatic carbocycles. The van der Waals surface area contributed by atoms with Gasteiger partial charge in [0.1, 0.15) is 18.1 Å². The summed E-state index contributed by atoms with van der Waals surface area (Å²) in [5, 5.41) is 8.37. The highest BCUT2D eigenvalue weighted by atomic mass is 79.9. The third-order valence-corrected chi connectivity index (χ3v) is 3.82. The summed E-state index contributed by atoms with van der Waals surface area (Å²) in [6.07, 6.45) is 0. The molecule has 0 heterocycles. The molecule has 0 saturated heterocycles. The summed E-state index contributed by atoms with van der Waals surface area (Å²) in [5.74, 6) is -1.99. The Bertz CT molecular complexity index is 480. The monoisotopic (exact) mass is 322 g/mol. The molecule has 1 aromatic rings. The molecule has 1 N–H and O–H groups in total. The molecular weight excluding hydrogens is 312 g/mol. The lowest BCUT2D eigenvalue weighted by Gasteiger charge is -2.05. The van der Waals surface area contributed by atoms with Gasteiger partial charge in [-0.2, -0.15) is 0 Å². The van der Waals surface area contributed by atoms with Crippen LogP contribution in [0, 0.1) is 0 Å². The molecule has 0 aliphatic rings. The van der Waals surface area contributed by atoms with E-state index < -0.39 is 21.6 Å². The van der Waals surface area contributed by atoms with Gasteiger partial charge in [-0.15, -0.1) is 0 Å². The number of carboxylic acid groups (broad SMARTS) is 1. The van der Waals surface area contributed by atoms with E-state index in [1.54, 1.807) is 24.3 Å². The standard InChI is InChI=1S/C10H11BrO5S/c11-8-1-3-9(4-2-8)16-5-6-17(14,15)7-10(12)13/h1-4H,5-7H2,(H,12,13).